The van der Waals surface area contributed by atoms with Crippen LogP contribution in [0.25, 0.3) is 0 Å². The van der Waals surface area contributed by atoms with Gasteiger partial charge < -0.3 is 15.0 Å². The molecule has 20 heavy (non-hydrogen) atoms. The zero-order chi connectivity index (χ0) is 13.5. The Hall–Kier alpha value is -0.780. The van der Waals surface area contributed by atoms with Crippen LogP contribution in [0.2, 0.25) is 0 Å². The van der Waals surface area contributed by atoms with Gasteiger partial charge in [0, 0.05) is 37.1 Å². The lowest BCUT2D eigenvalue weighted by molar-refractivity contribution is -0.132. The topological polar surface area (TPSA) is 41.6 Å². The summed E-state index contributed by atoms with van der Waals surface area (Å²) >= 11 is 3.40. The number of ether oxygens (including phenoxy) is 1. The Labute approximate surface area is 134 Å². The fourth-order valence-corrected chi connectivity index (χ4v) is 2.42. The minimum Gasteiger partial charge on any atom is -0.494 e. The van der Waals surface area contributed by atoms with E-state index in [0.717, 1.165) is 42.8 Å². The van der Waals surface area contributed by atoms with Gasteiger partial charge in [0.1, 0.15) is 5.75 Å². The van der Waals surface area contributed by atoms with Crippen LogP contribution in [0.15, 0.2) is 28.7 Å². The molecule has 0 aliphatic carbocycles. The number of hydrogen-bond donors (Lipinski definition) is 1. The van der Waals surface area contributed by atoms with Crippen molar-refractivity contribution in [2.75, 3.05) is 32.8 Å². The van der Waals surface area contributed by atoms with Crippen LogP contribution < -0.4 is 10.1 Å². The van der Waals surface area contributed by atoms with Gasteiger partial charge in [-0.2, -0.15) is 0 Å². The summed E-state index contributed by atoms with van der Waals surface area (Å²) in [5, 5.41) is 3.24. The Morgan fingerprint density at radius 3 is 2.80 bits per heavy atom. The third kappa shape index (κ3) is 5.69. The Balaban J connectivity index is 0.00000200. The van der Waals surface area contributed by atoms with Gasteiger partial charge in [0.2, 0.25) is 5.91 Å². The van der Waals surface area contributed by atoms with Gasteiger partial charge in [-0.1, -0.05) is 22.0 Å². The first kappa shape index (κ1) is 17.3. The summed E-state index contributed by atoms with van der Waals surface area (Å²) in [7, 11) is 0. The summed E-state index contributed by atoms with van der Waals surface area (Å²) in [4.78, 5) is 13.8. The van der Waals surface area contributed by atoms with Crippen molar-refractivity contribution in [1.29, 1.82) is 0 Å². The molecule has 1 heterocycles. The number of piperazine rings is 1. The first-order valence-electron chi connectivity index (χ1n) is 6.62. The molecule has 1 N–H and O–H groups in total. The average molecular weight is 364 g/mol. The van der Waals surface area contributed by atoms with Crippen molar-refractivity contribution >= 4 is 34.2 Å². The molecule has 0 unspecified atom stereocenters. The Kier molecular flexibility index (Phi) is 7.95. The highest BCUT2D eigenvalue weighted by atomic mass is 79.9. The minimum atomic E-state index is 0. The van der Waals surface area contributed by atoms with Gasteiger partial charge in [-0.25, -0.2) is 0 Å². The van der Waals surface area contributed by atoms with Crippen LogP contribution in [0.5, 0.6) is 5.75 Å². The summed E-state index contributed by atoms with van der Waals surface area (Å²) in [5.41, 5.74) is 0. The molecule has 1 saturated heterocycles. The highest BCUT2D eigenvalue weighted by Gasteiger charge is 2.15. The number of halogens is 2. The molecular weight excluding hydrogens is 344 g/mol. The number of hydrogen-bond acceptors (Lipinski definition) is 3. The van der Waals surface area contributed by atoms with Crippen LogP contribution in [0, 0.1) is 0 Å². The van der Waals surface area contributed by atoms with Crippen LogP contribution in [-0.2, 0) is 4.79 Å². The van der Waals surface area contributed by atoms with Crippen LogP contribution in [0.1, 0.15) is 12.8 Å². The molecular formula is C14H20BrClN2O2. The van der Waals surface area contributed by atoms with Crippen molar-refractivity contribution in [1.82, 2.24) is 10.2 Å². The van der Waals surface area contributed by atoms with E-state index in [2.05, 4.69) is 21.2 Å². The third-order valence-electron chi connectivity index (χ3n) is 3.07. The fraction of sp³-hybridized carbons (Fsp3) is 0.500. The molecule has 1 aliphatic heterocycles. The lowest BCUT2D eigenvalue weighted by atomic mass is 10.2. The van der Waals surface area contributed by atoms with E-state index in [-0.39, 0.29) is 18.3 Å². The largest absolute Gasteiger partial charge is 0.494 e. The number of carbonyl (C=O) groups is 1. The molecule has 1 fully saturated rings. The summed E-state index contributed by atoms with van der Waals surface area (Å²) in [6.45, 7) is 4.03. The average Bonchev–Trinajstić information content (AvgIpc) is 2.44. The maximum absolute atomic E-state index is 11.9. The smallest absolute Gasteiger partial charge is 0.222 e. The fourth-order valence-electron chi connectivity index (χ4n) is 2.04. The number of nitrogens with one attached hydrogen (secondary N) is 1. The van der Waals surface area contributed by atoms with Gasteiger partial charge in [-0.15, -0.1) is 12.4 Å². The zero-order valence-corrected chi connectivity index (χ0v) is 13.7. The maximum atomic E-state index is 11.9. The van der Waals surface area contributed by atoms with Gasteiger partial charge in [0.25, 0.3) is 0 Å². The lowest BCUT2D eigenvalue weighted by Gasteiger charge is -2.27. The van der Waals surface area contributed by atoms with Gasteiger partial charge in [-0.3, -0.25) is 4.79 Å². The molecule has 0 aromatic heterocycles. The Morgan fingerprint density at radius 1 is 1.35 bits per heavy atom. The summed E-state index contributed by atoms with van der Waals surface area (Å²) in [6, 6.07) is 7.74. The van der Waals surface area contributed by atoms with Crippen LogP contribution >= 0.6 is 28.3 Å². The first-order valence-corrected chi connectivity index (χ1v) is 7.42. The summed E-state index contributed by atoms with van der Waals surface area (Å²) in [6.07, 6.45) is 1.32. The van der Waals surface area contributed by atoms with Crippen LogP contribution in [-0.4, -0.2) is 43.6 Å². The van der Waals surface area contributed by atoms with E-state index in [4.69, 9.17) is 4.74 Å². The number of nitrogens with zero attached hydrogens (tertiary/aromatic N) is 1. The first-order chi connectivity index (χ1) is 9.25. The molecule has 112 valence electrons. The normalized spacial score (nSPS) is 14.6. The Morgan fingerprint density at radius 2 is 2.10 bits per heavy atom. The van der Waals surface area contributed by atoms with Crippen molar-refractivity contribution in [2.45, 2.75) is 12.8 Å². The zero-order valence-electron chi connectivity index (χ0n) is 11.3. The highest BCUT2D eigenvalue weighted by Crippen LogP contribution is 2.17. The second kappa shape index (κ2) is 9.21. The second-order valence-electron chi connectivity index (χ2n) is 4.54. The molecule has 4 nitrogen and oxygen atoms in total. The van der Waals surface area contributed by atoms with Gasteiger partial charge >= 0.3 is 0 Å². The number of carbonyl (C=O) groups excluding carboxylic acids is 1. The molecule has 0 spiro atoms. The minimum absolute atomic E-state index is 0. The standard InChI is InChI=1S/C14H19BrN2O2.ClH/c15-12-3-1-4-13(11-12)19-10-2-5-14(18)17-8-6-16-7-9-17;/h1,3-4,11,16H,2,5-10H2;1H. The van der Waals surface area contributed by atoms with Crippen molar-refractivity contribution < 1.29 is 9.53 Å². The summed E-state index contributed by atoms with van der Waals surface area (Å²) < 4.78 is 6.61. The molecule has 6 heteroatoms. The van der Waals surface area contributed by atoms with Crippen molar-refractivity contribution in [2.24, 2.45) is 0 Å². The Bertz CT molecular complexity index is 425. The maximum Gasteiger partial charge on any atom is 0.222 e. The molecule has 2 rings (SSSR count). The van der Waals surface area contributed by atoms with E-state index in [1.54, 1.807) is 0 Å². The molecule has 1 aromatic rings. The summed E-state index contributed by atoms with van der Waals surface area (Å²) in [5.74, 6) is 1.07. The predicted molar refractivity (Wildman–Crippen MR) is 85.6 cm³/mol. The van der Waals surface area contributed by atoms with Crippen molar-refractivity contribution in [3.63, 3.8) is 0 Å². The van der Waals surface area contributed by atoms with Crippen LogP contribution in [0.3, 0.4) is 0 Å². The molecule has 1 aromatic carbocycles. The van der Waals surface area contributed by atoms with Gasteiger partial charge in [0.15, 0.2) is 0 Å². The van der Waals surface area contributed by atoms with E-state index >= 15 is 0 Å². The van der Waals surface area contributed by atoms with Crippen molar-refractivity contribution in [3.8, 4) is 5.75 Å². The number of rotatable bonds is 5. The highest BCUT2D eigenvalue weighted by molar-refractivity contribution is 9.10. The number of amides is 1. The van der Waals surface area contributed by atoms with Gasteiger partial charge in [0.05, 0.1) is 6.61 Å². The SMILES string of the molecule is Cl.O=C(CCCOc1cccc(Br)c1)N1CCNCC1. The van der Waals surface area contributed by atoms with E-state index in [9.17, 15) is 4.79 Å². The van der Waals surface area contributed by atoms with E-state index in [1.807, 2.05) is 29.2 Å². The molecule has 1 amide bonds. The molecule has 0 saturated carbocycles. The molecule has 0 atom stereocenters. The molecule has 0 bridgehead atoms. The van der Waals surface area contributed by atoms with E-state index in [0.29, 0.717) is 13.0 Å². The van der Waals surface area contributed by atoms with E-state index in [1.165, 1.54) is 0 Å². The molecule has 0 radical (unpaired) electrons. The third-order valence-corrected chi connectivity index (χ3v) is 3.56. The monoisotopic (exact) mass is 362 g/mol. The quantitative estimate of drug-likeness (QED) is 0.817. The molecule has 1 aliphatic rings. The van der Waals surface area contributed by atoms with Crippen molar-refractivity contribution in [3.05, 3.63) is 28.7 Å². The number of benzene rings is 1. The van der Waals surface area contributed by atoms with Crippen LogP contribution in [0.4, 0.5) is 0 Å². The predicted octanol–water partition coefficient (Wildman–Crippen LogP) is 2.46. The second-order valence-corrected chi connectivity index (χ2v) is 5.46. The van der Waals surface area contributed by atoms with Gasteiger partial charge in [-0.05, 0) is 24.6 Å². The lowest BCUT2D eigenvalue weighted by Crippen LogP contribution is -2.46. The van der Waals surface area contributed by atoms with E-state index < -0.39 is 0 Å².